The zero-order chi connectivity index (χ0) is 19.8. The molecule has 1 aromatic carbocycles. The number of morpholine rings is 1. The highest BCUT2D eigenvalue weighted by molar-refractivity contribution is 5.91. The molecule has 2 aliphatic rings. The van der Waals surface area contributed by atoms with E-state index in [2.05, 4.69) is 22.3 Å². The number of carbonyl (C=O) groups excluding carboxylic acids is 1. The van der Waals surface area contributed by atoms with Gasteiger partial charge in [-0.15, -0.1) is 10.2 Å². The van der Waals surface area contributed by atoms with E-state index in [0.29, 0.717) is 43.5 Å². The second kappa shape index (κ2) is 7.46. The van der Waals surface area contributed by atoms with Crippen molar-refractivity contribution in [1.29, 1.82) is 0 Å². The van der Waals surface area contributed by atoms with E-state index in [-0.39, 0.29) is 18.1 Å². The van der Waals surface area contributed by atoms with Crippen molar-refractivity contribution < 1.29 is 14.3 Å². The van der Waals surface area contributed by atoms with Crippen molar-refractivity contribution in [1.82, 2.24) is 19.5 Å². The van der Waals surface area contributed by atoms with Crippen molar-refractivity contribution in [3.05, 3.63) is 59.5 Å². The molecule has 1 aliphatic heterocycles. The first-order valence-corrected chi connectivity index (χ1v) is 9.93. The average Bonchev–Trinajstić information content (AvgIpc) is 3.19. The minimum absolute atomic E-state index is 0.0455. The van der Waals surface area contributed by atoms with Crippen molar-refractivity contribution in [3.63, 3.8) is 0 Å². The van der Waals surface area contributed by atoms with Crippen molar-refractivity contribution in [2.24, 2.45) is 5.73 Å². The van der Waals surface area contributed by atoms with Crippen LogP contribution in [0, 0.1) is 0 Å². The summed E-state index contributed by atoms with van der Waals surface area (Å²) in [5, 5.41) is 8.24. The molecule has 0 radical (unpaired) electrons. The fraction of sp³-hybridized carbons (Fsp3) is 0.381. The van der Waals surface area contributed by atoms with Crippen LogP contribution < -0.4 is 10.5 Å². The Balaban J connectivity index is 1.43. The zero-order valence-corrected chi connectivity index (χ0v) is 16.0. The minimum Gasteiger partial charge on any atom is -0.484 e. The first kappa shape index (κ1) is 18.1. The molecule has 0 bridgehead atoms. The number of fused-ring (bicyclic) bond motifs is 2. The summed E-state index contributed by atoms with van der Waals surface area (Å²) in [7, 11) is 0. The molecular formula is C21H23N5O3. The van der Waals surface area contributed by atoms with Crippen LogP contribution in [0.2, 0.25) is 0 Å². The molecule has 0 saturated carbocycles. The van der Waals surface area contributed by atoms with Gasteiger partial charge in [0.25, 0.3) is 5.91 Å². The minimum atomic E-state index is -0.146. The van der Waals surface area contributed by atoms with Gasteiger partial charge < -0.3 is 20.1 Å². The van der Waals surface area contributed by atoms with Gasteiger partial charge >= 0.3 is 0 Å². The molecule has 3 aromatic rings. The molecule has 8 nitrogen and oxygen atoms in total. The number of amides is 1. The number of ether oxygens (including phenoxy) is 2. The van der Waals surface area contributed by atoms with Crippen LogP contribution in [0.5, 0.6) is 5.75 Å². The molecule has 1 fully saturated rings. The average molecular weight is 393 g/mol. The Labute approximate surface area is 168 Å². The summed E-state index contributed by atoms with van der Waals surface area (Å²) in [6.45, 7) is 2.20. The van der Waals surface area contributed by atoms with E-state index in [1.165, 1.54) is 0 Å². The van der Waals surface area contributed by atoms with Crippen molar-refractivity contribution >= 4 is 11.6 Å². The second-order valence-corrected chi connectivity index (χ2v) is 7.44. The highest BCUT2D eigenvalue weighted by atomic mass is 16.5. The molecule has 2 atom stereocenters. The van der Waals surface area contributed by atoms with Gasteiger partial charge in [-0.05, 0) is 36.1 Å². The summed E-state index contributed by atoms with van der Waals surface area (Å²) in [4.78, 5) is 14.6. The Morgan fingerprint density at radius 2 is 1.86 bits per heavy atom. The Kier molecular flexibility index (Phi) is 4.65. The SMILES string of the molecule is N[C@H]1CC[C@@H](Oc2ccc3nnc(C(=O)N4CCOCC4)n3c2)c2ccccc21. The van der Waals surface area contributed by atoms with Crippen molar-refractivity contribution in [3.8, 4) is 5.75 Å². The predicted octanol–water partition coefficient (Wildman–Crippen LogP) is 2.12. The second-order valence-electron chi connectivity index (χ2n) is 7.44. The van der Waals surface area contributed by atoms with Gasteiger partial charge in [0.15, 0.2) is 5.65 Å². The molecule has 1 saturated heterocycles. The third kappa shape index (κ3) is 3.34. The van der Waals surface area contributed by atoms with E-state index in [1.54, 1.807) is 15.5 Å². The normalized spacial score (nSPS) is 21.8. The van der Waals surface area contributed by atoms with Gasteiger partial charge in [-0.25, -0.2) is 0 Å². The van der Waals surface area contributed by atoms with Crippen LogP contribution in [0.25, 0.3) is 5.65 Å². The topological polar surface area (TPSA) is 95.0 Å². The van der Waals surface area contributed by atoms with E-state index >= 15 is 0 Å². The maximum absolute atomic E-state index is 12.9. The van der Waals surface area contributed by atoms with Crippen molar-refractivity contribution in [2.75, 3.05) is 26.3 Å². The summed E-state index contributed by atoms with van der Waals surface area (Å²) >= 11 is 0. The fourth-order valence-electron chi connectivity index (χ4n) is 4.07. The molecule has 3 heterocycles. The van der Waals surface area contributed by atoms with Gasteiger partial charge in [0.1, 0.15) is 11.9 Å². The van der Waals surface area contributed by atoms with Gasteiger partial charge in [-0.1, -0.05) is 24.3 Å². The van der Waals surface area contributed by atoms with Crippen LogP contribution >= 0.6 is 0 Å². The van der Waals surface area contributed by atoms with Gasteiger partial charge in [0.2, 0.25) is 5.82 Å². The molecule has 29 heavy (non-hydrogen) atoms. The number of hydrogen-bond donors (Lipinski definition) is 1. The highest BCUT2D eigenvalue weighted by Gasteiger charge is 2.27. The third-order valence-corrected chi connectivity index (χ3v) is 5.63. The van der Waals surface area contributed by atoms with Crippen LogP contribution in [0.4, 0.5) is 0 Å². The maximum Gasteiger partial charge on any atom is 0.292 e. The fourth-order valence-corrected chi connectivity index (χ4v) is 4.07. The number of rotatable bonds is 3. The lowest BCUT2D eigenvalue weighted by Crippen LogP contribution is -2.41. The summed E-state index contributed by atoms with van der Waals surface area (Å²) < 4.78 is 13.3. The molecule has 1 amide bonds. The maximum atomic E-state index is 12.9. The van der Waals surface area contributed by atoms with Crippen LogP contribution in [-0.2, 0) is 4.74 Å². The Hall–Kier alpha value is -2.97. The Morgan fingerprint density at radius 1 is 1.07 bits per heavy atom. The molecule has 8 heteroatoms. The highest BCUT2D eigenvalue weighted by Crippen LogP contribution is 2.37. The van der Waals surface area contributed by atoms with E-state index in [0.717, 1.165) is 24.0 Å². The molecule has 2 N–H and O–H groups in total. The first-order valence-electron chi connectivity index (χ1n) is 9.93. The van der Waals surface area contributed by atoms with Crippen LogP contribution in [-0.4, -0.2) is 51.7 Å². The molecular weight excluding hydrogens is 370 g/mol. The molecule has 150 valence electrons. The summed E-state index contributed by atoms with van der Waals surface area (Å²) in [5.41, 5.74) is 9.13. The summed E-state index contributed by atoms with van der Waals surface area (Å²) in [6, 6.07) is 11.9. The number of pyridine rings is 1. The number of benzene rings is 1. The zero-order valence-electron chi connectivity index (χ0n) is 16.0. The van der Waals surface area contributed by atoms with Gasteiger partial charge in [-0.2, -0.15) is 0 Å². The predicted molar refractivity (Wildman–Crippen MR) is 106 cm³/mol. The molecule has 5 rings (SSSR count). The largest absolute Gasteiger partial charge is 0.484 e. The van der Waals surface area contributed by atoms with E-state index in [1.807, 2.05) is 24.3 Å². The van der Waals surface area contributed by atoms with Gasteiger partial charge in [0, 0.05) is 19.1 Å². The molecule has 2 aromatic heterocycles. The summed E-state index contributed by atoms with van der Waals surface area (Å²) in [5.74, 6) is 0.814. The van der Waals surface area contributed by atoms with E-state index in [9.17, 15) is 4.79 Å². The summed E-state index contributed by atoms with van der Waals surface area (Å²) in [6.07, 6.45) is 3.44. The smallest absolute Gasteiger partial charge is 0.292 e. The molecule has 0 unspecified atom stereocenters. The number of aromatic nitrogens is 3. The number of carbonyl (C=O) groups is 1. The monoisotopic (exact) mass is 393 g/mol. The first-order chi connectivity index (χ1) is 14.2. The molecule has 0 spiro atoms. The number of nitrogens with zero attached hydrogens (tertiary/aromatic N) is 4. The van der Waals surface area contributed by atoms with Gasteiger partial charge in [0.05, 0.1) is 19.4 Å². The molecule has 1 aliphatic carbocycles. The van der Waals surface area contributed by atoms with Crippen molar-refractivity contribution in [2.45, 2.75) is 25.0 Å². The van der Waals surface area contributed by atoms with E-state index in [4.69, 9.17) is 15.2 Å². The van der Waals surface area contributed by atoms with Crippen LogP contribution in [0.15, 0.2) is 42.6 Å². The Morgan fingerprint density at radius 3 is 2.69 bits per heavy atom. The van der Waals surface area contributed by atoms with Crippen LogP contribution in [0.3, 0.4) is 0 Å². The van der Waals surface area contributed by atoms with Gasteiger partial charge in [-0.3, -0.25) is 9.20 Å². The number of hydrogen-bond acceptors (Lipinski definition) is 6. The Bertz CT molecular complexity index is 1040. The lowest BCUT2D eigenvalue weighted by Gasteiger charge is -2.30. The van der Waals surface area contributed by atoms with E-state index < -0.39 is 0 Å². The lowest BCUT2D eigenvalue weighted by molar-refractivity contribution is 0.0294. The lowest BCUT2D eigenvalue weighted by atomic mass is 9.86. The third-order valence-electron chi connectivity index (χ3n) is 5.63. The quantitative estimate of drug-likeness (QED) is 0.732. The van der Waals surface area contributed by atoms with Crippen LogP contribution in [0.1, 0.15) is 46.7 Å². The number of nitrogens with two attached hydrogens (primary N) is 1. The standard InChI is InChI=1S/C21H23N5O3/c22-17-6-7-18(16-4-2-1-3-15(16)17)29-14-5-8-19-23-24-20(26(19)13-14)21(27)25-9-11-28-12-10-25/h1-5,8,13,17-18H,6-7,9-12,22H2/t17-,18+/m0/s1.